The number of carbonyl (C=O) groups excluding carboxylic acids is 2. The number of nitrogens with one attached hydrogen (secondary N) is 1. The Labute approximate surface area is 207 Å². The molecular weight excluding hydrogens is 462 g/mol. The molecule has 0 aliphatic rings. The van der Waals surface area contributed by atoms with E-state index in [0.29, 0.717) is 28.5 Å². The fraction of sp³-hybridized carbons (Fsp3) is 0.269. The molecule has 1 amide bonds. The molecule has 0 saturated carbocycles. The molecular formula is C26H27N5O5. The summed E-state index contributed by atoms with van der Waals surface area (Å²) in [6.07, 6.45) is 1.34. The van der Waals surface area contributed by atoms with Crippen molar-refractivity contribution in [2.24, 2.45) is 0 Å². The summed E-state index contributed by atoms with van der Waals surface area (Å²) in [5.74, 6) is 0.0871. The van der Waals surface area contributed by atoms with Crippen LogP contribution in [0.3, 0.4) is 0 Å². The van der Waals surface area contributed by atoms with Gasteiger partial charge < -0.3 is 19.4 Å². The summed E-state index contributed by atoms with van der Waals surface area (Å²) in [4.78, 5) is 42.3. The third-order valence-electron chi connectivity index (χ3n) is 5.81. The molecule has 4 rings (SSSR count). The largest absolute Gasteiger partial charge is 0.494 e. The number of rotatable bonds is 7. The first-order chi connectivity index (χ1) is 17.2. The molecule has 186 valence electrons. The van der Waals surface area contributed by atoms with Gasteiger partial charge in [0.25, 0.3) is 0 Å². The van der Waals surface area contributed by atoms with Gasteiger partial charge in [-0.25, -0.2) is 9.78 Å². The second-order valence-corrected chi connectivity index (χ2v) is 8.30. The summed E-state index contributed by atoms with van der Waals surface area (Å²) in [5.41, 5.74) is 2.80. The first-order valence-electron chi connectivity index (χ1n) is 11.4. The average Bonchev–Trinajstić information content (AvgIpc) is 3.24. The van der Waals surface area contributed by atoms with Crippen molar-refractivity contribution >= 4 is 28.6 Å². The number of aromatic nitrogens is 4. The minimum absolute atomic E-state index is 0.0661. The highest BCUT2D eigenvalue weighted by molar-refractivity contribution is 6.00. The van der Waals surface area contributed by atoms with Crippen molar-refractivity contribution in [3.8, 4) is 11.6 Å². The molecule has 0 spiro atoms. The molecule has 3 heterocycles. The van der Waals surface area contributed by atoms with Crippen molar-refractivity contribution in [2.45, 2.75) is 34.2 Å². The van der Waals surface area contributed by atoms with Crippen LogP contribution in [0.4, 0.5) is 5.82 Å². The molecule has 0 atom stereocenters. The molecule has 0 unspecified atom stereocenters. The van der Waals surface area contributed by atoms with Crippen LogP contribution in [0, 0.1) is 20.8 Å². The number of benzene rings is 1. The van der Waals surface area contributed by atoms with Crippen LogP contribution in [0.15, 0.2) is 47.4 Å². The predicted molar refractivity (Wildman–Crippen MR) is 135 cm³/mol. The molecule has 10 nitrogen and oxygen atoms in total. The maximum absolute atomic E-state index is 13.1. The van der Waals surface area contributed by atoms with Gasteiger partial charge in [0.1, 0.15) is 23.4 Å². The van der Waals surface area contributed by atoms with Crippen LogP contribution in [0.25, 0.3) is 16.7 Å². The van der Waals surface area contributed by atoms with Gasteiger partial charge in [0.2, 0.25) is 5.91 Å². The van der Waals surface area contributed by atoms with Crippen LogP contribution < -0.4 is 15.5 Å². The average molecular weight is 490 g/mol. The lowest BCUT2D eigenvalue weighted by molar-refractivity contribution is -0.116. The van der Waals surface area contributed by atoms with E-state index in [0.717, 1.165) is 10.9 Å². The van der Waals surface area contributed by atoms with Crippen LogP contribution in [-0.2, 0) is 16.1 Å². The smallest absolute Gasteiger partial charge is 0.343 e. The van der Waals surface area contributed by atoms with Gasteiger partial charge in [-0.15, -0.1) is 0 Å². The maximum Gasteiger partial charge on any atom is 0.343 e. The number of hydrogen-bond acceptors (Lipinski definition) is 7. The lowest BCUT2D eigenvalue weighted by Gasteiger charge is -2.16. The van der Waals surface area contributed by atoms with E-state index in [9.17, 15) is 14.4 Å². The number of nitrogens with zero attached hydrogens (tertiary/aromatic N) is 4. The van der Waals surface area contributed by atoms with E-state index in [2.05, 4.69) is 10.4 Å². The zero-order valence-corrected chi connectivity index (χ0v) is 20.8. The van der Waals surface area contributed by atoms with E-state index in [4.69, 9.17) is 14.5 Å². The molecule has 0 bridgehead atoms. The summed E-state index contributed by atoms with van der Waals surface area (Å²) in [6.45, 7) is 7.24. The number of esters is 1. The van der Waals surface area contributed by atoms with Gasteiger partial charge in [0.15, 0.2) is 17.1 Å². The Balaban J connectivity index is 1.79. The van der Waals surface area contributed by atoms with Crippen molar-refractivity contribution in [1.29, 1.82) is 0 Å². The van der Waals surface area contributed by atoms with Crippen LogP contribution in [0.1, 0.15) is 34.2 Å². The zero-order valence-electron chi connectivity index (χ0n) is 20.8. The first kappa shape index (κ1) is 24.6. The number of anilines is 1. The number of para-hydroxylation sites is 1. The molecule has 0 saturated heterocycles. The van der Waals surface area contributed by atoms with Crippen LogP contribution in [0.5, 0.6) is 5.75 Å². The van der Waals surface area contributed by atoms with E-state index in [1.807, 2.05) is 31.2 Å². The molecule has 0 aliphatic heterocycles. The number of aryl methyl sites for hydroxylation is 3. The topological polar surface area (TPSA) is 117 Å². The summed E-state index contributed by atoms with van der Waals surface area (Å²) < 4.78 is 13.8. The van der Waals surface area contributed by atoms with Crippen molar-refractivity contribution < 1.29 is 19.1 Å². The fourth-order valence-corrected chi connectivity index (χ4v) is 4.10. The highest BCUT2D eigenvalue weighted by atomic mass is 16.5. The van der Waals surface area contributed by atoms with Crippen molar-refractivity contribution in [1.82, 2.24) is 19.3 Å². The lowest BCUT2D eigenvalue weighted by atomic mass is 10.1. The minimum Gasteiger partial charge on any atom is -0.494 e. The Morgan fingerprint density at radius 2 is 1.81 bits per heavy atom. The lowest BCUT2D eigenvalue weighted by Crippen LogP contribution is -2.25. The molecule has 36 heavy (non-hydrogen) atoms. The van der Waals surface area contributed by atoms with Crippen LogP contribution in [-0.4, -0.2) is 44.9 Å². The van der Waals surface area contributed by atoms with Crippen LogP contribution >= 0.6 is 0 Å². The molecule has 0 radical (unpaired) electrons. The summed E-state index contributed by atoms with van der Waals surface area (Å²) in [5, 5.41) is 8.06. The first-order valence-corrected chi connectivity index (χ1v) is 11.4. The molecule has 1 aromatic carbocycles. The number of pyridine rings is 2. The highest BCUT2D eigenvalue weighted by Gasteiger charge is 2.23. The fourth-order valence-electron chi connectivity index (χ4n) is 4.10. The van der Waals surface area contributed by atoms with Crippen LogP contribution in [0.2, 0.25) is 0 Å². The zero-order chi connectivity index (χ0) is 26.0. The Hall–Kier alpha value is -4.47. The molecule has 10 heteroatoms. The van der Waals surface area contributed by atoms with E-state index < -0.39 is 11.9 Å². The highest BCUT2D eigenvalue weighted by Crippen LogP contribution is 2.29. The number of hydrogen-bond donors (Lipinski definition) is 1. The SMILES string of the molecule is CCOC(=O)c1cnn(-c2cc(C)c3cccc(OC)c3n2)c1NC(=O)Cn1c(C)cc(=O)cc1C. The Morgan fingerprint density at radius 1 is 1.08 bits per heavy atom. The van der Waals surface area contributed by atoms with E-state index in [-0.39, 0.29) is 30.0 Å². The monoisotopic (exact) mass is 489 g/mol. The van der Waals surface area contributed by atoms with Gasteiger partial charge >= 0.3 is 5.97 Å². The third kappa shape index (κ3) is 4.70. The number of carbonyl (C=O) groups is 2. The van der Waals surface area contributed by atoms with Gasteiger partial charge in [0, 0.05) is 28.9 Å². The van der Waals surface area contributed by atoms with E-state index in [1.165, 1.54) is 23.0 Å². The molecule has 0 aliphatic carbocycles. The van der Waals surface area contributed by atoms with Crippen molar-refractivity contribution in [3.05, 3.63) is 75.3 Å². The van der Waals surface area contributed by atoms with Crippen molar-refractivity contribution in [2.75, 3.05) is 19.0 Å². The third-order valence-corrected chi connectivity index (χ3v) is 5.81. The predicted octanol–water partition coefficient (Wildman–Crippen LogP) is 3.33. The summed E-state index contributed by atoms with van der Waals surface area (Å²) in [6, 6.07) is 10.4. The molecule has 4 aromatic rings. The van der Waals surface area contributed by atoms with Gasteiger partial charge in [0.05, 0.1) is 19.9 Å². The Morgan fingerprint density at radius 3 is 2.47 bits per heavy atom. The number of fused-ring (bicyclic) bond motifs is 1. The number of amides is 1. The second-order valence-electron chi connectivity index (χ2n) is 8.30. The Bertz CT molecular complexity index is 1510. The normalized spacial score (nSPS) is 10.9. The maximum atomic E-state index is 13.1. The van der Waals surface area contributed by atoms with Crippen molar-refractivity contribution in [3.63, 3.8) is 0 Å². The second kappa shape index (κ2) is 10.0. The summed E-state index contributed by atoms with van der Waals surface area (Å²) in [7, 11) is 1.57. The van der Waals surface area contributed by atoms with Gasteiger partial charge in [-0.05, 0) is 45.4 Å². The quantitative estimate of drug-likeness (QED) is 0.396. The van der Waals surface area contributed by atoms with Gasteiger partial charge in [-0.1, -0.05) is 12.1 Å². The standard InChI is InChI=1S/C26H27N5O5/c1-6-36-26(34)20-13-27-31(22-10-15(2)19-8-7-9-21(35-5)24(19)28-22)25(20)29-23(33)14-30-16(3)11-18(32)12-17(30)4/h7-13H,6,14H2,1-5H3,(H,29,33). The molecule has 3 aromatic heterocycles. The van der Waals surface area contributed by atoms with E-state index in [1.54, 1.807) is 32.4 Å². The number of ether oxygens (including phenoxy) is 2. The molecule has 0 fully saturated rings. The van der Waals surface area contributed by atoms with E-state index >= 15 is 0 Å². The number of methoxy groups -OCH3 is 1. The van der Waals surface area contributed by atoms with Gasteiger partial charge in [-0.3, -0.25) is 9.59 Å². The Kier molecular flexibility index (Phi) is 6.86. The molecule has 1 N–H and O–H groups in total. The van der Waals surface area contributed by atoms with Gasteiger partial charge in [-0.2, -0.15) is 9.78 Å². The minimum atomic E-state index is -0.620. The summed E-state index contributed by atoms with van der Waals surface area (Å²) >= 11 is 0.